The van der Waals surface area contributed by atoms with Gasteiger partial charge in [-0.1, -0.05) is 42.8 Å². The first-order valence-corrected chi connectivity index (χ1v) is 8.91. The lowest BCUT2D eigenvalue weighted by atomic mass is 10.00. The minimum Gasteiger partial charge on any atom is -0.492 e. The third-order valence-corrected chi connectivity index (χ3v) is 4.79. The molecule has 0 fully saturated rings. The van der Waals surface area contributed by atoms with Crippen molar-refractivity contribution in [1.82, 2.24) is 0 Å². The maximum atomic E-state index is 11.6. The van der Waals surface area contributed by atoms with Gasteiger partial charge < -0.3 is 4.74 Å². The molecule has 2 rings (SSSR count). The second-order valence-electron chi connectivity index (χ2n) is 5.95. The fourth-order valence-corrected chi connectivity index (χ4v) is 3.41. The lowest BCUT2D eigenvalue weighted by molar-refractivity contribution is 0.290. The molecule has 0 unspecified atom stereocenters. The van der Waals surface area contributed by atoms with Gasteiger partial charge in [0.15, 0.2) is 0 Å². The Morgan fingerprint density at radius 1 is 1.09 bits per heavy atom. The minimum absolute atomic E-state index is 0.0549. The van der Waals surface area contributed by atoms with E-state index in [4.69, 9.17) is 4.74 Å². The first-order valence-electron chi connectivity index (χ1n) is 7.47. The highest BCUT2D eigenvalue weighted by molar-refractivity contribution is 7.85. The molecular formula is C18H22O4S. The molecule has 0 saturated heterocycles. The number of para-hydroxylation sites is 1. The van der Waals surface area contributed by atoms with Crippen LogP contribution in [0.15, 0.2) is 41.3 Å². The zero-order valence-corrected chi connectivity index (χ0v) is 14.6. The van der Waals surface area contributed by atoms with E-state index in [2.05, 4.69) is 0 Å². The van der Waals surface area contributed by atoms with Crippen molar-refractivity contribution in [1.29, 1.82) is 0 Å². The molecule has 0 heterocycles. The third kappa shape index (κ3) is 4.12. The molecule has 4 nitrogen and oxygen atoms in total. The van der Waals surface area contributed by atoms with Crippen LogP contribution in [0.4, 0.5) is 0 Å². The molecule has 0 radical (unpaired) electrons. The van der Waals surface area contributed by atoms with E-state index < -0.39 is 10.1 Å². The van der Waals surface area contributed by atoms with E-state index in [-0.39, 0.29) is 10.8 Å². The van der Waals surface area contributed by atoms with Gasteiger partial charge >= 0.3 is 0 Å². The molecule has 0 saturated carbocycles. The lowest BCUT2D eigenvalue weighted by Crippen LogP contribution is -2.13. The number of ether oxygens (including phenoxy) is 1. The van der Waals surface area contributed by atoms with E-state index in [0.29, 0.717) is 12.2 Å². The summed E-state index contributed by atoms with van der Waals surface area (Å²) in [5.41, 5.74) is 3.58. The van der Waals surface area contributed by atoms with Gasteiger partial charge in [-0.25, -0.2) is 0 Å². The van der Waals surface area contributed by atoms with Crippen molar-refractivity contribution in [3.63, 3.8) is 0 Å². The monoisotopic (exact) mass is 334 g/mol. The van der Waals surface area contributed by atoms with Crippen LogP contribution in [0, 0.1) is 20.8 Å². The van der Waals surface area contributed by atoms with Crippen LogP contribution in [0.3, 0.4) is 0 Å². The van der Waals surface area contributed by atoms with Gasteiger partial charge in [0.25, 0.3) is 10.1 Å². The van der Waals surface area contributed by atoms with E-state index in [9.17, 15) is 13.0 Å². The van der Waals surface area contributed by atoms with Gasteiger partial charge in [-0.05, 0) is 43.5 Å². The van der Waals surface area contributed by atoms with E-state index in [1.807, 2.05) is 45.9 Å². The zero-order chi connectivity index (χ0) is 17.2. The highest BCUT2D eigenvalue weighted by atomic mass is 32.2. The van der Waals surface area contributed by atoms with Crippen molar-refractivity contribution < 1.29 is 17.7 Å². The Hall–Kier alpha value is -1.85. The first-order chi connectivity index (χ1) is 10.7. The summed E-state index contributed by atoms with van der Waals surface area (Å²) in [5.74, 6) is 0.645. The number of hydrogen-bond acceptors (Lipinski definition) is 3. The summed E-state index contributed by atoms with van der Waals surface area (Å²) in [6.45, 7) is 8.05. The van der Waals surface area contributed by atoms with Crippen molar-refractivity contribution in [2.24, 2.45) is 0 Å². The summed E-state index contributed by atoms with van der Waals surface area (Å²) in [7, 11) is -4.25. The molecule has 0 amide bonds. The summed E-state index contributed by atoms with van der Waals surface area (Å²) in [6, 6.07) is 10.8. The molecule has 0 aliphatic carbocycles. The number of rotatable bonds is 5. The Balaban J connectivity index is 2.28. The van der Waals surface area contributed by atoms with Crippen molar-refractivity contribution in [2.75, 3.05) is 6.61 Å². The van der Waals surface area contributed by atoms with Crippen molar-refractivity contribution in [3.05, 3.63) is 58.7 Å². The predicted octanol–water partition coefficient (Wildman–Crippen LogP) is 4.04. The Labute approximate surface area is 137 Å². The standard InChI is InChI=1S/C18H22O4S/c1-12-8-9-17(23(19,20)21)16(10-12)15(4)11-22-18-13(2)6-5-7-14(18)3/h5-10,15H,11H2,1-4H3,(H,19,20,21)/t15-/m0/s1. The fraction of sp³-hybridized carbons (Fsp3) is 0.333. The van der Waals surface area contributed by atoms with E-state index >= 15 is 0 Å². The maximum Gasteiger partial charge on any atom is 0.294 e. The molecule has 0 spiro atoms. The van der Waals surface area contributed by atoms with E-state index in [1.54, 1.807) is 12.1 Å². The molecule has 1 N–H and O–H groups in total. The van der Waals surface area contributed by atoms with Crippen LogP contribution < -0.4 is 4.74 Å². The van der Waals surface area contributed by atoms with E-state index in [0.717, 1.165) is 22.4 Å². The molecule has 23 heavy (non-hydrogen) atoms. The normalized spacial score (nSPS) is 12.9. The van der Waals surface area contributed by atoms with Gasteiger partial charge in [0.1, 0.15) is 5.75 Å². The molecule has 1 atom stereocenters. The zero-order valence-electron chi connectivity index (χ0n) is 13.8. The lowest BCUT2D eigenvalue weighted by Gasteiger charge is -2.18. The molecule has 0 aromatic heterocycles. The molecule has 5 heteroatoms. The number of benzene rings is 2. The van der Waals surface area contributed by atoms with Crippen LogP contribution in [0.2, 0.25) is 0 Å². The Kier molecular flexibility index (Phi) is 5.12. The van der Waals surface area contributed by atoms with Gasteiger partial charge in [0.05, 0.1) is 11.5 Å². The predicted molar refractivity (Wildman–Crippen MR) is 90.8 cm³/mol. The Morgan fingerprint density at radius 2 is 1.70 bits per heavy atom. The molecule has 0 aliphatic rings. The minimum atomic E-state index is -4.25. The van der Waals surface area contributed by atoms with Crippen molar-refractivity contribution >= 4 is 10.1 Å². The van der Waals surface area contributed by atoms with Crippen molar-refractivity contribution in [3.8, 4) is 5.75 Å². The SMILES string of the molecule is Cc1ccc(S(=O)(=O)O)c([C@@H](C)COc2c(C)cccc2C)c1. The largest absolute Gasteiger partial charge is 0.492 e. The quantitative estimate of drug-likeness (QED) is 0.838. The molecule has 2 aromatic rings. The summed E-state index contributed by atoms with van der Waals surface area (Å²) in [6.07, 6.45) is 0. The third-order valence-electron chi connectivity index (χ3n) is 3.86. The van der Waals surface area contributed by atoms with Crippen LogP contribution in [0.25, 0.3) is 0 Å². The number of aryl methyl sites for hydroxylation is 3. The second kappa shape index (κ2) is 6.72. The average Bonchev–Trinajstić information content (AvgIpc) is 2.45. The summed E-state index contributed by atoms with van der Waals surface area (Å²) >= 11 is 0. The van der Waals surface area contributed by atoms with Crippen molar-refractivity contribution in [2.45, 2.75) is 38.5 Å². The van der Waals surface area contributed by atoms with Crippen LogP contribution >= 0.6 is 0 Å². The summed E-state index contributed by atoms with van der Waals surface area (Å²) < 4.78 is 38.5. The summed E-state index contributed by atoms with van der Waals surface area (Å²) in [5, 5.41) is 0. The van der Waals surface area contributed by atoms with Gasteiger partial charge in [-0.3, -0.25) is 4.55 Å². The fourth-order valence-electron chi connectivity index (χ4n) is 2.61. The molecular weight excluding hydrogens is 312 g/mol. The Morgan fingerprint density at radius 3 is 2.26 bits per heavy atom. The van der Waals surface area contributed by atoms with Crippen LogP contribution in [-0.4, -0.2) is 19.6 Å². The van der Waals surface area contributed by atoms with Crippen LogP contribution in [-0.2, 0) is 10.1 Å². The summed E-state index contributed by atoms with van der Waals surface area (Å²) in [4.78, 5) is -0.0549. The highest BCUT2D eigenvalue weighted by Crippen LogP contribution is 2.28. The first kappa shape index (κ1) is 17.5. The van der Waals surface area contributed by atoms with Gasteiger partial charge in [-0.2, -0.15) is 8.42 Å². The maximum absolute atomic E-state index is 11.6. The van der Waals surface area contributed by atoms with Crippen LogP contribution in [0.5, 0.6) is 5.75 Å². The average molecular weight is 334 g/mol. The molecule has 2 aromatic carbocycles. The second-order valence-corrected chi connectivity index (χ2v) is 7.34. The molecule has 0 aliphatic heterocycles. The number of hydrogen-bond donors (Lipinski definition) is 1. The topological polar surface area (TPSA) is 63.6 Å². The van der Waals surface area contributed by atoms with E-state index in [1.165, 1.54) is 6.07 Å². The molecule has 124 valence electrons. The van der Waals surface area contributed by atoms with Gasteiger partial charge in [0, 0.05) is 5.92 Å². The smallest absolute Gasteiger partial charge is 0.294 e. The van der Waals surface area contributed by atoms with Crippen LogP contribution in [0.1, 0.15) is 35.1 Å². The molecule has 0 bridgehead atoms. The highest BCUT2D eigenvalue weighted by Gasteiger charge is 2.20. The van der Waals surface area contributed by atoms with Gasteiger partial charge in [0.2, 0.25) is 0 Å². The Bertz CT molecular complexity index is 790. The van der Waals surface area contributed by atoms with Gasteiger partial charge in [-0.15, -0.1) is 0 Å².